The lowest BCUT2D eigenvalue weighted by atomic mass is 9.96. The molecule has 0 bridgehead atoms. The Balaban J connectivity index is 1.58. The molecule has 0 saturated carbocycles. The highest BCUT2D eigenvalue weighted by Crippen LogP contribution is 2.40. The Kier molecular flexibility index (Phi) is 8.34. The van der Waals surface area contributed by atoms with E-state index in [0.29, 0.717) is 12.4 Å². The number of ether oxygens (including phenoxy) is 2. The molecule has 1 aromatic heterocycles. The van der Waals surface area contributed by atoms with Crippen LogP contribution in [0.3, 0.4) is 0 Å². The molecule has 1 unspecified atom stereocenters. The molecule has 0 saturated heterocycles. The van der Waals surface area contributed by atoms with Crippen LogP contribution in [-0.4, -0.2) is 25.7 Å². The van der Waals surface area contributed by atoms with E-state index in [1.165, 1.54) is 5.56 Å². The van der Waals surface area contributed by atoms with Gasteiger partial charge < -0.3 is 19.2 Å². The van der Waals surface area contributed by atoms with Gasteiger partial charge in [-0.15, -0.1) is 0 Å². The van der Waals surface area contributed by atoms with Crippen molar-refractivity contribution in [3.05, 3.63) is 89.7 Å². The molecule has 5 nitrogen and oxygen atoms in total. The number of fused-ring (bicyclic) bond motifs is 1. The fourth-order valence-corrected chi connectivity index (χ4v) is 4.65. The van der Waals surface area contributed by atoms with Gasteiger partial charge in [0.15, 0.2) is 0 Å². The maximum Gasteiger partial charge on any atom is 0.244 e. The summed E-state index contributed by atoms with van der Waals surface area (Å²) in [6.45, 7) is 8.55. The van der Waals surface area contributed by atoms with Gasteiger partial charge in [-0.1, -0.05) is 42.5 Å². The molecule has 1 amide bonds. The van der Waals surface area contributed by atoms with Crippen LogP contribution in [0.25, 0.3) is 27.7 Å². The average Bonchev–Trinajstić information content (AvgIpc) is 3.33. The molecule has 37 heavy (non-hydrogen) atoms. The van der Waals surface area contributed by atoms with Crippen LogP contribution in [0.1, 0.15) is 43.9 Å². The summed E-state index contributed by atoms with van der Waals surface area (Å²) >= 11 is 0. The van der Waals surface area contributed by atoms with Crippen LogP contribution in [0.5, 0.6) is 11.5 Å². The van der Waals surface area contributed by atoms with E-state index in [-0.39, 0.29) is 11.9 Å². The van der Waals surface area contributed by atoms with Crippen molar-refractivity contribution in [3.8, 4) is 22.6 Å². The van der Waals surface area contributed by atoms with Gasteiger partial charge in [-0.3, -0.25) is 4.79 Å². The third kappa shape index (κ3) is 6.05. The first-order chi connectivity index (χ1) is 17.9. The van der Waals surface area contributed by atoms with E-state index in [1.54, 1.807) is 19.4 Å². The van der Waals surface area contributed by atoms with Crippen molar-refractivity contribution in [2.45, 2.75) is 46.6 Å². The van der Waals surface area contributed by atoms with Crippen molar-refractivity contribution in [2.75, 3.05) is 13.7 Å². The highest BCUT2D eigenvalue weighted by atomic mass is 16.5. The molecular formula is C32H35NO4. The minimum Gasteiger partial charge on any atom is -0.496 e. The summed E-state index contributed by atoms with van der Waals surface area (Å²) in [6.07, 6.45) is 5.22. The van der Waals surface area contributed by atoms with E-state index >= 15 is 0 Å². The van der Waals surface area contributed by atoms with Crippen molar-refractivity contribution in [1.29, 1.82) is 0 Å². The van der Waals surface area contributed by atoms with Gasteiger partial charge in [0.25, 0.3) is 0 Å². The zero-order valence-corrected chi connectivity index (χ0v) is 22.3. The molecule has 1 N–H and O–H groups in total. The third-order valence-electron chi connectivity index (χ3n) is 6.59. The van der Waals surface area contributed by atoms with E-state index in [1.807, 2.05) is 76.2 Å². The standard InChI is InChI=1S/C32H35NO4/c1-6-36-26-16-14-25(15-17-26)29-20-37-32-23(4)31(35-5)27(19-28(29)32)21(2)18-30(34)33-22(3)12-13-24-10-8-7-9-11-24/h7-11,14-20,22H,6,12-13H2,1-5H3,(H,33,34)/b21-18+. The molecule has 1 heterocycles. The zero-order valence-electron chi connectivity index (χ0n) is 22.3. The van der Waals surface area contributed by atoms with Crippen molar-refractivity contribution >= 4 is 22.4 Å². The van der Waals surface area contributed by atoms with Crippen LogP contribution in [-0.2, 0) is 11.2 Å². The molecule has 0 spiro atoms. The molecule has 0 aliphatic carbocycles. The second kappa shape index (κ2) is 11.8. The maximum atomic E-state index is 12.9. The first kappa shape index (κ1) is 26.1. The lowest BCUT2D eigenvalue weighted by Crippen LogP contribution is -2.31. The summed E-state index contributed by atoms with van der Waals surface area (Å²) < 4.78 is 17.3. The van der Waals surface area contributed by atoms with Gasteiger partial charge in [-0.25, -0.2) is 0 Å². The van der Waals surface area contributed by atoms with Crippen molar-refractivity contribution in [1.82, 2.24) is 5.32 Å². The number of hydrogen-bond donors (Lipinski definition) is 1. The summed E-state index contributed by atoms with van der Waals surface area (Å²) in [5.74, 6) is 1.43. The molecular weight excluding hydrogens is 462 g/mol. The van der Waals surface area contributed by atoms with Gasteiger partial charge in [0.2, 0.25) is 5.91 Å². The zero-order chi connectivity index (χ0) is 26.4. The van der Waals surface area contributed by atoms with Gasteiger partial charge in [-0.2, -0.15) is 0 Å². The largest absolute Gasteiger partial charge is 0.496 e. The molecule has 4 aromatic rings. The monoisotopic (exact) mass is 497 g/mol. The molecule has 0 fully saturated rings. The van der Waals surface area contributed by atoms with Crippen molar-refractivity contribution in [2.24, 2.45) is 0 Å². The Morgan fingerprint density at radius 3 is 2.51 bits per heavy atom. The maximum absolute atomic E-state index is 12.9. The Morgan fingerprint density at radius 2 is 1.84 bits per heavy atom. The van der Waals surface area contributed by atoms with Gasteiger partial charge in [0, 0.05) is 34.2 Å². The van der Waals surface area contributed by atoms with Crippen LogP contribution in [0.2, 0.25) is 0 Å². The second-order valence-electron chi connectivity index (χ2n) is 9.33. The molecule has 5 heteroatoms. The smallest absolute Gasteiger partial charge is 0.244 e. The number of methoxy groups -OCH3 is 1. The minimum absolute atomic E-state index is 0.0583. The molecule has 0 aliphatic heterocycles. The quantitative estimate of drug-likeness (QED) is 0.233. The first-order valence-corrected chi connectivity index (χ1v) is 12.8. The van der Waals surface area contributed by atoms with E-state index < -0.39 is 0 Å². The van der Waals surface area contributed by atoms with E-state index in [9.17, 15) is 4.79 Å². The van der Waals surface area contributed by atoms with Crippen LogP contribution in [0.4, 0.5) is 0 Å². The number of allylic oxidation sites excluding steroid dienone is 1. The van der Waals surface area contributed by atoms with Crippen LogP contribution in [0, 0.1) is 6.92 Å². The van der Waals surface area contributed by atoms with Crippen LogP contribution in [0.15, 0.2) is 77.4 Å². The number of rotatable bonds is 10. The van der Waals surface area contributed by atoms with Gasteiger partial charge in [0.05, 0.1) is 20.0 Å². The Hall–Kier alpha value is -3.99. The molecule has 3 aromatic carbocycles. The summed E-state index contributed by atoms with van der Waals surface area (Å²) in [5, 5.41) is 4.08. The van der Waals surface area contributed by atoms with Gasteiger partial charge in [-0.05, 0) is 75.4 Å². The topological polar surface area (TPSA) is 60.7 Å². The number of amides is 1. The highest BCUT2D eigenvalue weighted by Gasteiger charge is 2.19. The fraction of sp³-hybridized carbons (Fsp3) is 0.281. The SMILES string of the molecule is CCOc1ccc(-c2coc3c(C)c(OC)c(/C(C)=C/C(=O)NC(C)CCc4ccccc4)cc23)cc1. The summed E-state index contributed by atoms with van der Waals surface area (Å²) in [6, 6.07) is 20.4. The van der Waals surface area contributed by atoms with Crippen molar-refractivity contribution < 1.29 is 18.7 Å². The molecule has 0 radical (unpaired) electrons. The lowest BCUT2D eigenvalue weighted by molar-refractivity contribution is -0.117. The molecule has 0 aliphatic rings. The average molecular weight is 498 g/mol. The second-order valence-corrected chi connectivity index (χ2v) is 9.33. The Morgan fingerprint density at radius 1 is 1.11 bits per heavy atom. The number of carbonyl (C=O) groups is 1. The van der Waals surface area contributed by atoms with E-state index in [4.69, 9.17) is 13.9 Å². The number of aryl methyl sites for hydroxylation is 2. The van der Waals surface area contributed by atoms with Crippen LogP contribution >= 0.6 is 0 Å². The van der Waals surface area contributed by atoms with E-state index in [0.717, 1.165) is 57.4 Å². The van der Waals surface area contributed by atoms with Crippen molar-refractivity contribution in [3.63, 3.8) is 0 Å². The first-order valence-electron chi connectivity index (χ1n) is 12.8. The normalized spacial score (nSPS) is 12.4. The molecule has 192 valence electrons. The number of furan rings is 1. The van der Waals surface area contributed by atoms with E-state index in [2.05, 4.69) is 17.4 Å². The van der Waals surface area contributed by atoms with Gasteiger partial charge in [0.1, 0.15) is 17.1 Å². The molecule has 4 rings (SSSR count). The fourth-order valence-electron chi connectivity index (χ4n) is 4.65. The molecule has 1 atom stereocenters. The number of carbonyl (C=O) groups excluding carboxylic acids is 1. The predicted molar refractivity (Wildman–Crippen MR) is 150 cm³/mol. The lowest BCUT2D eigenvalue weighted by Gasteiger charge is -2.15. The highest BCUT2D eigenvalue weighted by molar-refractivity contribution is 6.01. The minimum atomic E-state index is -0.114. The Labute approximate surface area is 219 Å². The predicted octanol–water partition coefficient (Wildman–Crippen LogP) is 7.36. The van der Waals surface area contributed by atoms with Crippen LogP contribution < -0.4 is 14.8 Å². The number of benzene rings is 3. The number of nitrogens with one attached hydrogen (secondary N) is 1. The Bertz CT molecular complexity index is 1380. The number of hydrogen-bond acceptors (Lipinski definition) is 4. The summed E-state index contributed by atoms with van der Waals surface area (Å²) in [4.78, 5) is 12.9. The third-order valence-corrected chi connectivity index (χ3v) is 6.59. The van der Waals surface area contributed by atoms with Gasteiger partial charge >= 0.3 is 0 Å². The summed E-state index contributed by atoms with van der Waals surface area (Å²) in [5.41, 5.74) is 6.66. The summed E-state index contributed by atoms with van der Waals surface area (Å²) in [7, 11) is 1.65.